The highest BCUT2D eigenvalue weighted by atomic mass is 16.4. The molecule has 1 aliphatic heterocycles. The van der Waals surface area contributed by atoms with E-state index in [1.165, 1.54) is 4.90 Å². The Morgan fingerprint density at radius 1 is 1.12 bits per heavy atom. The topological polar surface area (TPSA) is 78.1 Å². The minimum atomic E-state index is -1.14. The first-order chi connectivity index (χ1) is 12.0. The number of benzene rings is 1. The van der Waals surface area contributed by atoms with Gasteiger partial charge in [-0.25, -0.2) is 0 Å². The van der Waals surface area contributed by atoms with Crippen LogP contribution in [0, 0.1) is 0 Å². The van der Waals surface area contributed by atoms with Crippen molar-refractivity contribution >= 4 is 17.6 Å². The van der Waals surface area contributed by atoms with Crippen LogP contribution in [0.3, 0.4) is 0 Å². The number of amides is 1. The molecule has 1 fully saturated rings. The zero-order valence-corrected chi connectivity index (χ0v) is 15.5. The number of piperazine rings is 1. The Labute approximate surface area is 149 Å². The Kier molecular flexibility index (Phi) is 6.96. The van der Waals surface area contributed by atoms with Gasteiger partial charge in [0.15, 0.2) is 0 Å². The van der Waals surface area contributed by atoms with Gasteiger partial charge in [0.2, 0.25) is 5.91 Å². The first-order valence-corrected chi connectivity index (χ1v) is 9.23. The average Bonchev–Trinajstić information content (AvgIpc) is 2.60. The van der Waals surface area contributed by atoms with Gasteiger partial charge in [-0.15, -0.1) is 0 Å². The summed E-state index contributed by atoms with van der Waals surface area (Å²) in [5.74, 6) is -1.38. The molecule has 3 N–H and O–H groups in total. The van der Waals surface area contributed by atoms with E-state index in [2.05, 4.69) is 12.4 Å². The van der Waals surface area contributed by atoms with Gasteiger partial charge in [0.05, 0.1) is 19.4 Å². The number of carbonyl (C=O) groups excluding carboxylic acids is 2. The largest absolute Gasteiger partial charge is 0.544 e. The maximum atomic E-state index is 12.5. The van der Waals surface area contributed by atoms with E-state index in [0.717, 1.165) is 60.7 Å². The Balaban J connectivity index is 2.08. The minimum absolute atomic E-state index is 0.0437. The van der Waals surface area contributed by atoms with Gasteiger partial charge in [-0.1, -0.05) is 32.0 Å². The van der Waals surface area contributed by atoms with Gasteiger partial charge in [-0.3, -0.25) is 4.79 Å². The van der Waals surface area contributed by atoms with E-state index in [-0.39, 0.29) is 12.3 Å². The average molecular weight is 348 g/mol. The van der Waals surface area contributed by atoms with Crippen LogP contribution < -0.4 is 20.2 Å². The van der Waals surface area contributed by atoms with E-state index in [0.29, 0.717) is 0 Å². The molecule has 0 aromatic heterocycles. The third-order valence-electron chi connectivity index (χ3n) is 5.18. The molecule has 1 aromatic rings. The zero-order valence-electron chi connectivity index (χ0n) is 15.5. The van der Waals surface area contributed by atoms with Gasteiger partial charge >= 0.3 is 0 Å². The summed E-state index contributed by atoms with van der Waals surface area (Å²) in [5, 5.41) is 14.6. The standard InChI is InChI=1S/C19H29N3O3/c1-4-14-7-6-8-15(5-2)18(14)20-17(23)13-16(19(24)25)22-11-9-21(3)10-12-22/h6-8,16H,4-5,9-13H2,1-3H3,(H,20,23)(H,24,25)/p+1/t16-/m0/s1. The molecule has 1 amide bonds. The number of anilines is 1. The molecule has 1 atom stereocenters. The zero-order chi connectivity index (χ0) is 18.4. The molecule has 1 heterocycles. The highest BCUT2D eigenvalue weighted by Gasteiger charge is 2.31. The monoisotopic (exact) mass is 348 g/mol. The first kappa shape index (κ1) is 19.4. The fourth-order valence-corrected chi connectivity index (χ4v) is 3.52. The molecule has 0 spiro atoms. The van der Waals surface area contributed by atoms with Crippen molar-refractivity contribution in [2.45, 2.75) is 39.2 Å². The number of carboxylic acid groups (broad SMARTS) is 1. The smallest absolute Gasteiger partial charge is 0.230 e. The van der Waals surface area contributed by atoms with Crippen molar-refractivity contribution in [1.82, 2.24) is 0 Å². The quantitative estimate of drug-likeness (QED) is 0.517. The summed E-state index contributed by atoms with van der Waals surface area (Å²) in [6, 6.07) is 5.21. The second-order valence-corrected chi connectivity index (χ2v) is 6.90. The fraction of sp³-hybridized carbons (Fsp3) is 0.579. The molecule has 1 aromatic carbocycles. The Hall–Kier alpha value is -1.92. The Bertz CT molecular complexity index is 588. The molecule has 6 nitrogen and oxygen atoms in total. The van der Waals surface area contributed by atoms with Crippen molar-refractivity contribution in [2.24, 2.45) is 0 Å². The molecule has 2 rings (SSSR count). The summed E-state index contributed by atoms with van der Waals surface area (Å²) in [6.07, 6.45) is 1.59. The lowest BCUT2D eigenvalue weighted by Gasteiger charge is -2.33. The van der Waals surface area contributed by atoms with Crippen molar-refractivity contribution < 1.29 is 24.5 Å². The highest BCUT2D eigenvalue weighted by Crippen LogP contribution is 2.22. The molecule has 138 valence electrons. The minimum Gasteiger partial charge on any atom is -0.544 e. The van der Waals surface area contributed by atoms with E-state index in [4.69, 9.17) is 0 Å². The van der Waals surface area contributed by atoms with Crippen LogP contribution in [0.4, 0.5) is 5.69 Å². The van der Waals surface area contributed by atoms with E-state index in [9.17, 15) is 14.7 Å². The van der Waals surface area contributed by atoms with Gasteiger partial charge in [0.1, 0.15) is 32.2 Å². The van der Waals surface area contributed by atoms with Crippen LogP contribution >= 0.6 is 0 Å². The van der Waals surface area contributed by atoms with Crippen LogP contribution in [-0.2, 0) is 22.4 Å². The number of quaternary nitrogens is 2. The number of aryl methyl sites for hydroxylation is 2. The lowest BCUT2D eigenvalue weighted by atomic mass is 10.0. The van der Waals surface area contributed by atoms with Crippen molar-refractivity contribution in [3.05, 3.63) is 29.3 Å². The van der Waals surface area contributed by atoms with Crippen LogP contribution in [-0.4, -0.2) is 51.1 Å². The van der Waals surface area contributed by atoms with Gasteiger partial charge in [-0.05, 0) is 24.0 Å². The number of nitrogens with one attached hydrogen (secondary N) is 3. The molecule has 1 saturated heterocycles. The highest BCUT2D eigenvalue weighted by molar-refractivity contribution is 5.94. The molecule has 6 heteroatoms. The Morgan fingerprint density at radius 2 is 1.68 bits per heavy atom. The number of aliphatic carboxylic acids is 1. The molecule has 0 aliphatic carbocycles. The molecular weight excluding hydrogens is 318 g/mol. The Morgan fingerprint density at radius 3 is 2.16 bits per heavy atom. The molecule has 1 aliphatic rings. The molecule has 25 heavy (non-hydrogen) atoms. The summed E-state index contributed by atoms with van der Waals surface area (Å²) in [6.45, 7) is 7.43. The van der Waals surface area contributed by atoms with E-state index >= 15 is 0 Å². The van der Waals surface area contributed by atoms with Gasteiger partial charge in [0.25, 0.3) is 0 Å². The van der Waals surface area contributed by atoms with Crippen LogP contribution in [0.25, 0.3) is 0 Å². The number of para-hydroxylation sites is 1. The maximum absolute atomic E-state index is 12.5. The molecule has 0 unspecified atom stereocenters. The third kappa shape index (κ3) is 5.03. The third-order valence-corrected chi connectivity index (χ3v) is 5.18. The van der Waals surface area contributed by atoms with E-state index in [1.807, 2.05) is 32.0 Å². The molecule has 0 saturated carbocycles. The summed E-state index contributed by atoms with van der Waals surface area (Å²) in [5.41, 5.74) is 2.99. The fourth-order valence-electron chi connectivity index (χ4n) is 3.52. The van der Waals surface area contributed by atoms with E-state index < -0.39 is 12.0 Å². The second kappa shape index (κ2) is 8.97. The SMILES string of the molecule is CCc1cccc(CC)c1NC(=O)C[C@@H](C(=O)[O-])[NH+]1CC[NH+](C)CC1. The van der Waals surface area contributed by atoms with Crippen LogP contribution in [0.2, 0.25) is 0 Å². The molecular formula is C19H30N3O3+. The predicted octanol–water partition coefficient (Wildman–Crippen LogP) is -2.33. The van der Waals surface area contributed by atoms with Crippen LogP contribution in [0.5, 0.6) is 0 Å². The first-order valence-electron chi connectivity index (χ1n) is 9.23. The normalized spacial score (nSPS) is 21.6. The number of carbonyl (C=O) groups is 2. The number of carboxylic acids is 1. The number of hydrogen-bond acceptors (Lipinski definition) is 3. The maximum Gasteiger partial charge on any atom is 0.230 e. The molecule has 0 bridgehead atoms. The number of likely N-dealkylation sites (N-methyl/N-ethyl adjacent to an activating group) is 1. The van der Waals surface area contributed by atoms with Crippen LogP contribution in [0.15, 0.2) is 18.2 Å². The van der Waals surface area contributed by atoms with Gasteiger partial charge in [-0.2, -0.15) is 0 Å². The van der Waals surface area contributed by atoms with Crippen molar-refractivity contribution in [2.75, 3.05) is 38.5 Å². The summed E-state index contributed by atoms with van der Waals surface area (Å²) < 4.78 is 0. The van der Waals surface area contributed by atoms with Gasteiger partial charge in [0, 0.05) is 5.69 Å². The van der Waals surface area contributed by atoms with Crippen molar-refractivity contribution in [3.63, 3.8) is 0 Å². The molecule has 0 radical (unpaired) electrons. The lowest BCUT2D eigenvalue weighted by Crippen LogP contribution is -3.29. The summed E-state index contributed by atoms with van der Waals surface area (Å²) in [7, 11) is 2.10. The van der Waals surface area contributed by atoms with Gasteiger partial charge < -0.3 is 25.0 Å². The lowest BCUT2D eigenvalue weighted by molar-refractivity contribution is -1.01. The summed E-state index contributed by atoms with van der Waals surface area (Å²) in [4.78, 5) is 26.5. The van der Waals surface area contributed by atoms with Crippen molar-refractivity contribution in [1.29, 1.82) is 0 Å². The number of rotatable bonds is 7. The van der Waals surface area contributed by atoms with E-state index in [1.54, 1.807) is 0 Å². The predicted molar refractivity (Wildman–Crippen MR) is 94.6 cm³/mol. The van der Waals surface area contributed by atoms with Crippen LogP contribution in [0.1, 0.15) is 31.4 Å². The second-order valence-electron chi connectivity index (χ2n) is 6.90. The van der Waals surface area contributed by atoms with Crippen molar-refractivity contribution in [3.8, 4) is 0 Å². The summed E-state index contributed by atoms with van der Waals surface area (Å²) >= 11 is 0. The number of hydrogen-bond donors (Lipinski definition) is 3.